The molecule has 140 valence electrons. The van der Waals surface area contributed by atoms with E-state index in [9.17, 15) is 0 Å². The van der Waals surface area contributed by atoms with Gasteiger partial charge >= 0.3 is 0 Å². The number of para-hydroxylation sites is 1. The van der Waals surface area contributed by atoms with Gasteiger partial charge < -0.3 is 14.7 Å². The Labute approximate surface area is 158 Å². The highest BCUT2D eigenvalue weighted by atomic mass is 16.5. The molecule has 0 amide bonds. The molecule has 2 fully saturated rings. The minimum Gasteiger partial charge on any atom is -0.354 e. The van der Waals surface area contributed by atoms with Crippen molar-refractivity contribution in [2.24, 2.45) is 5.92 Å². The Bertz CT molecular complexity index is 898. The van der Waals surface area contributed by atoms with E-state index in [4.69, 9.17) is 4.52 Å². The average molecular weight is 364 g/mol. The zero-order chi connectivity index (χ0) is 18.1. The lowest BCUT2D eigenvalue weighted by atomic mass is 9.91. The van der Waals surface area contributed by atoms with Crippen molar-refractivity contribution in [3.05, 3.63) is 42.7 Å². The number of nitrogens with zero attached hydrogens (tertiary/aromatic N) is 5. The number of nitrogens with one attached hydrogen (secondary N) is 1. The van der Waals surface area contributed by atoms with Gasteiger partial charge in [0.25, 0.3) is 0 Å². The van der Waals surface area contributed by atoms with Crippen molar-refractivity contribution in [2.75, 3.05) is 42.9 Å². The number of piperidine rings is 1. The maximum Gasteiger partial charge on any atom is 0.222 e. The molecule has 2 atom stereocenters. The minimum absolute atomic E-state index is 0.596. The van der Waals surface area contributed by atoms with Gasteiger partial charge in [-0.1, -0.05) is 17.3 Å². The summed E-state index contributed by atoms with van der Waals surface area (Å²) in [6, 6.07) is 10.6. The lowest BCUT2D eigenvalue weighted by Crippen LogP contribution is -2.57. The Hall–Kier alpha value is -2.67. The van der Waals surface area contributed by atoms with Crippen molar-refractivity contribution in [2.45, 2.75) is 18.9 Å². The van der Waals surface area contributed by atoms with Gasteiger partial charge in [0, 0.05) is 51.2 Å². The third-order valence-electron chi connectivity index (χ3n) is 5.78. The van der Waals surface area contributed by atoms with Gasteiger partial charge in [-0.15, -0.1) is 0 Å². The summed E-state index contributed by atoms with van der Waals surface area (Å²) >= 11 is 0. The van der Waals surface area contributed by atoms with Gasteiger partial charge in [0.05, 0.1) is 5.39 Å². The zero-order valence-corrected chi connectivity index (χ0v) is 15.3. The number of fused-ring (bicyclic) bond motifs is 2. The number of rotatable bonds is 4. The van der Waals surface area contributed by atoms with E-state index in [0.29, 0.717) is 12.0 Å². The molecule has 2 aromatic heterocycles. The lowest BCUT2D eigenvalue weighted by molar-refractivity contribution is 0.0994. The zero-order valence-electron chi connectivity index (χ0n) is 15.3. The van der Waals surface area contributed by atoms with Gasteiger partial charge in [0.2, 0.25) is 5.95 Å². The first-order valence-corrected chi connectivity index (χ1v) is 9.71. The molecule has 7 nitrogen and oxygen atoms in total. The molecule has 4 heterocycles. The van der Waals surface area contributed by atoms with Crippen LogP contribution in [0.4, 0.5) is 11.8 Å². The molecule has 0 spiro atoms. The van der Waals surface area contributed by atoms with Gasteiger partial charge in [-0.05, 0) is 37.0 Å². The molecule has 5 rings (SSSR count). The molecular formula is C20H24N6O. The van der Waals surface area contributed by atoms with E-state index in [1.807, 2.05) is 24.3 Å². The summed E-state index contributed by atoms with van der Waals surface area (Å²) < 4.78 is 5.50. The van der Waals surface area contributed by atoms with E-state index in [2.05, 4.69) is 36.3 Å². The van der Waals surface area contributed by atoms with E-state index in [1.54, 1.807) is 12.4 Å². The van der Waals surface area contributed by atoms with Gasteiger partial charge in [-0.25, -0.2) is 9.97 Å². The molecule has 2 aliphatic rings. The minimum atomic E-state index is 0.596. The van der Waals surface area contributed by atoms with E-state index in [-0.39, 0.29) is 0 Å². The molecule has 7 heteroatoms. The first kappa shape index (κ1) is 16.5. The summed E-state index contributed by atoms with van der Waals surface area (Å²) in [6.45, 7) is 5.17. The molecular weight excluding hydrogens is 340 g/mol. The molecule has 1 aromatic carbocycles. The molecule has 3 aromatic rings. The van der Waals surface area contributed by atoms with Crippen molar-refractivity contribution in [1.29, 1.82) is 0 Å². The van der Waals surface area contributed by atoms with Gasteiger partial charge in [0.1, 0.15) is 0 Å². The summed E-state index contributed by atoms with van der Waals surface area (Å²) in [5, 5.41) is 8.84. The van der Waals surface area contributed by atoms with Crippen LogP contribution in [0.25, 0.3) is 11.0 Å². The van der Waals surface area contributed by atoms with E-state index in [1.165, 1.54) is 12.8 Å². The average Bonchev–Trinajstić information content (AvgIpc) is 3.17. The maximum absolute atomic E-state index is 5.50. The molecule has 27 heavy (non-hydrogen) atoms. The molecule has 2 saturated heterocycles. The highest BCUT2D eigenvalue weighted by Crippen LogP contribution is 2.31. The molecule has 1 N–H and O–H groups in total. The third-order valence-corrected chi connectivity index (χ3v) is 5.78. The van der Waals surface area contributed by atoms with Crippen LogP contribution in [0, 0.1) is 5.92 Å². The second kappa shape index (κ2) is 7.15. The number of hydrogen-bond donors (Lipinski definition) is 1. The quantitative estimate of drug-likeness (QED) is 0.763. The predicted molar refractivity (Wildman–Crippen MR) is 105 cm³/mol. The van der Waals surface area contributed by atoms with Crippen molar-refractivity contribution in [3.8, 4) is 0 Å². The Kier molecular flexibility index (Phi) is 4.37. The summed E-state index contributed by atoms with van der Waals surface area (Å²) in [5.41, 5.74) is 0.868. The number of anilines is 2. The fraction of sp³-hybridized carbons (Fsp3) is 0.450. The lowest BCUT2D eigenvalue weighted by Gasteiger charge is -2.46. The maximum atomic E-state index is 5.50. The van der Waals surface area contributed by atoms with E-state index < -0.39 is 0 Å². The summed E-state index contributed by atoms with van der Waals surface area (Å²) in [5.74, 6) is 2.36. The van der Waals surface area contributed by atoms with Crippen LogP contribution in [0.15, 0.2) is 47.2 Å². The standard InChI is InChI=1S/C20H24N6O/c1-2-5-18-17(4-1)19(24-27-18)26-11-10-25-13-15(6-7-16(25)14-26)12-23-20-21-8-3-9-22-20/h1-5,8-9,15-16H,6-7,10-14H2,(H,21,22,23)/t15-,16-/m0/s1. The Balaban J connectivity index is 1.20. The van der Waals surface area contributed by atoms with Crippen molar-refractivity contribution < 1.29 is 4.52 Å². The van der Waals surface area contributed by atoms with Crippen LogP contribution in [0.3, 0.4) is 0 Å². The molecule has 0 unspecified atom stereocenters. The van der Waals surface area contributed by atoms with E-state index in [0.717, 1.165) is 55.5 Å². The smallest absolute Gasteiger partial charge is 0.222 e. The largest absolute Gasteiger partial charge is 0.354 e. The van der Waals surface area contributed by atoms with Crippen molar-refractivity contribution in [1.82, 2.24) is 20.0 Å². The fourth-order valence-corrected chi connectivity index (χ4v) is 4.34. The first-order valence-electron chi connectivity index (χ1n) is 9.71. The number of piperazine rings is 1. The second-order valence-electron chi connectivity index (χ2n) is 7.49. The van der Waals surface area contributed by atoms with Crippen molar-refractivity contribution in [3.63, 3.8) is 0 Å². The SMILES string of the molecule is c1cnc(NC[C@@H]2CC[C@H]3CN(c4noc5ccccc45)CCN3C2)nc1. The Morgan fingerprint density at radius 2 is 1.93 bits per heavy atom. The summed E-state index contributed by atoms with van der Waals surface area (Å²) in [6.07, 6.45) is 6.00. The van der Waals surface area contributed by atoms with Crippen LogP contribution in [0.2, 0.25) is 0 Å². The van der Waals surface area contributed by atoms with Gasteiger partial charge in [0.15, 0.2) is 11.4 Å². The van der Waals surface area contributed by atoms with Crippen LogP contribution in [0.1, 0.15) is 12.8 Å². The summed E-state index contributed by atoms with van der Waals surface area (Å²) in [7, 11) is 0. The predicted octanol–water partition coefficient (Wildman–Crippen LogP) is 2.63. The first-order chi connectivity index (χ1) is 13.4. The van der Waals surface area contributed by atoms with E-state index >= 15 is 0 Å². The Morgan fingerprint density at radius 1 is 1.04 bits per heavy atom. The third kappa shape index (κ3) is 3.35. The molecule has 0 radical (unpaired) electrons. The topological polar surface area (TPSA) is 70.3 Å². The van der Waals surface area contributed by atoms with Crippen LogP contribution in [-0.2, 0) is 0 Å². The molecule has 2 aliphatic heterocycles. The number of aromatic nitrogens is 3. The van der Waals surface area contributed by atoms with Crippen LogP contribution < -0.4 is 10.2 Å². The fourth-order valence-electron chi connectivity index (χ4n) is 4.34. The van der Waals surface area contributed by atoms with Crippen LogP contribution in [-0.4, -0.2) is 58.8 Å². The number of hydrogen-bond acceptors (Lipinski definition) is 7. The normalized spacial score (nSPS) is 23.3. The molecule has 0 aliphatic carbocycles. The Morgan fingerprint density at radius 3 is 2.85 bits per heavy atom. The monoisotopic (exact) mass is 364 g/mol. The highest BCUT2D eigenvalue weighted by Gasteiger charge is 2.34. The van der Waals surface area contributed by atoms with Crippen molar-refractivity contribution >= 4 is 22.7 Å². The van der Waals surface area contributed by atoms with Gasteiger partial charge in [-0.3, -0.25) is 4.90 Å². The van der Waals surface area contributed by atoms with Crippen LogP contribution >= 0.6 is 0 Å². The highest BCUT2D eigenvalue weighted by molar-refractivity contribution is 5.88. The molecule has 0 bridgehead atoms. The van der Waals surface area contributed by atoms with Crippen LogP contribution in [0.5, 0.6) is 0 Å². The second-order valence-corrected chi connectivity index (χ2v) is 7.49. The molecule has 0 saturated carbocycles. The van der Waals surface area contributed by atoms with Gasteiger partial charge in [-0.2, -0.15) is 0 Å². The summed E-state index contributed by atoms with van der Waals surface area (Å²) in [4.78, 5) is 13.5. The number of benzene rings is 1.